The number of carboxylic acid groups (broad SMARTS) is 1. The van der Waals surface area contributed by atoms with Crippen molar-refractivity contribution in [1.82, 2.24) is 0 Å². The van der Waals surface area contributed by atoms with Crippen LogP contribution in [0.2, 0.25) is 0 Å². The van der Waals surface area contributed by atoms with Crippen molar-refractivity contribution in [3.8, 4) is 0 Å². The Morgan fingerprint density at radius 2 is 1.41 bits per heavy atom. The van der Waals surface area contributed by atoms with Crippen LogP contribution in [0.3, 0.4) is 0 Å². The van der Waals surface area contributed by atoms with Gasteiger partial charge in [-0.2, -0.15) is 0 Å². The Balaban J connectivity index is 1.54. The van der Waals surface area contributed by atoms with E-state index >= 15 is 0 Å². The Kier molecular flexibility index (Phi) is 8.72. The van der Waals surface area contributed by atoms with Crippen LogP contribution in [0.4, 0.5) is 0 Å². The maximum absolute atomic E-state index is 11.8. The minimum atomic E-state index is -0.858. The molecule has 1 heterocycles. The van der Waals surface area contributed by atoms with E-state index in [2.05, 4.69) is 44.2 Å². The van der Waals surface area contributed by atoms with Crippen molar-refractivity contribution in [2.75, 3.05) is 0 Å². The van der Waals surface area contributed by atoms with Gasteiger partial charge < -0.3 is 19.3 Å². The lowest BCUT2D eigenvalue weighted by atomic mass is 9.83. The summed E-state index contributed by atoms with van der Waals surface area (Å²) in [5.41, 5.74) is 3.88. The van der Waals surface area contributed by atoms with E-state index in [4.69, 9.17) is 14.2 Å². The predicted octanol–water partition coefficient (Wildman–Crippen LogP) is 7.12. The SMILES string of the molecule is CC[C@H]1OC(c2cc(CC(=O)O)c3ccccc3c2)[C@H](OCc2ccccc2)[C@@H](OCc2ccccc2)[C@@H]1C. The number of carboxylic acids is 1. The van der Waals surface area contributed by atoms with Crippen molar-refractivity contribution in [3.63, 3.8) is 0 Å². The van der Waals surface area contributed by atoms with Crippen LogP contribution in [0.5, 0.6) is 0 Å². The highest BCUT2D eigenvalue weighted by Gasteiger charge is 2.45. The standard InChI is InChI=1S/C34H36O5/c1-3-30-23(2)32(37-21-24-12-6-4-7-13-24)34(38-22-25-14-8-5-9-15-25)33(39-30)28-18-26-16-10-11-17-29(26)27(19-28)20-31(35)36/h4-19,23,30,32-34H,3,20-22H2,1-2H3,(H,35,36)/t23-,30-,32+,33?,34-/m1/s1. The minimum absolute atomic E-state index is 0.0262. The zero-order valence-corrected chi connectivity index (χ0v) is 22.5. The number of carbonyl (C=O) groups is 1. The first kappa shape index (κ1) is 27.1. The molecule has 0 amide bonds. The largest absolute Gasteiger partial charge is 0.481 e. The van der Waals surface area contributed by atoms with Crippen LogP contribution in [-0.4, -0.2) is 29.4 Å². The van der Waals surface area contributed by atoms with E-state index in [0.29, 0.717) is 13.2 Å². The first-order valence-electron chi connectivity index (χ1n) is 13.7. The predicted molar refractivity (Wildman–Crippen MR) is 152 cm³/mol. The average molecular weight is 525 g/mol. The molecule has 0 aromatic heterocycles. The molecule has 5 rings (SSSR count). The summed E-state index contributed by atoms with van der Waals surface area (Å²) in [7, 11) is 0. The average Bonchev–Trinajstić information content (AvgIpc) is 2.96. The van der Waals surface area contributed by atoms with Crippen LogP contribution in [0.15, 0.2) is 97.1 Å². The number of fused-ring (bicyclic) bond motifs is 1. The van der Waals surface area contributed by atoms with Crippen molar-refractivity contribution in [3.05, 3.63) is 119 Å². The quantitative estimate of drug-likeness (QED) is 0.239. The van der Waals surface area contributed by atoms with Crippen LogP contribution >= 0.6 is 0 Å². The van der Waals surface area contributed by atoms with E-state index in [9.17, 15) is 9.90 Å². The van der Waals surface area contributed by atoms with Gasteiger partial charge in [0.1, 0.15) is 12.2 Å². The first-order valence-corrected chi connectivity index (χ1v) is 13.7. The van der Waals surface area contributed by atoms with Crippen molar-refractivity contribution in [1.29, 1.82) is 0 Å². The smallest absolute Gasteiger partial charge is 0.307 e. The van der Waals surface area contributed by atoms with Gasteiger partial charge in [0.2, 0.25) is 0 Å². The molecule has 5 nitrogen and oxygen atoms in total. The molecule has 1 aliphatic rings. The van der Waals surface area contributed by atoms with Crippen LogP contribution in [-0.2, 0) is 38.6 Å². The number of ether oxygens (including phenoxy) is 3. The maximum atomic E-state index is 11.8. The highest BCUT2D eigenvalue weighted by Crippen LogP contribution is 2.41. The molecule has 1 fully saturated rings. The normalized spacial score (nSPS) is 23.1. The summed E-state index contributed by atoms with van der Waals surface area (Å²) in [6.45, 7) is 5.21. The highest BCUT2D eigenvalue weighted by molar-refractivity contribution is 5.89. The molecule has 0 aliphatic carbocycles. The Morgan fingerprint density at radius 3 is 2.03 bits per heavy atom. The molecule has 4 aromatic carbocycles. The van der Waals surface area contributed by atoms with E-state index in [-0.39, 0.29) is 30.7 Å². The lowest BCUT2D eigenvalue weighted by molar-refractivity contribution is -0.234. The van der Waals surface area contributed by atoms with E-state index in [1.54, 1.807) is 0 Å². The van der Waals surface area contributed by atoms with Crippen molar-refractivity contribution >= 4 is 16.7 Å². The molecule has 1 aliphatic heterocycles. The summed E-state index contributed by atoms with van der Waals surface area (Å²) in [4.78, 5) is 11.8. The Bertz CT molecular complexity index is 1370. The van der Waals surface area contributed by atoms with Crippen LogP contribution in [0, 0.1) is 5.92 Å². The van der Waals surface area contributed by atoms with Crippen molar-refractivity contribution in [2.24, 2.45) is 5.92 Å². The highest BCUT2D eigenvalue weighted by atomic mass is 16.6. The Morgan fingerprint density at radius 1 is 0.821 bits per heavy atom. The lowest BCUT2D eigenvalue weighted by Gasteiger charge is -2.46. The van der Waals surface area contributed by atoms with Gasteiger partial charge >= 0.3 is 5.97 Å². The first-order chi connectivity index (χ1) is 19.0. The maximum Gasteiger partial charge on any atom is 0.307 e. The lowest BCUT2D eigenvalue weighted by Crippen LogP contribution is -2.51. The fourth-order valence-corrected chi connectivity index (χ4v) is 5.66. The fourth-order valence-electron chi connectivity index (χ4n) is 5.66. The van der Waals surface area contributed by atoms with Crippen molar-refractivity contribution in [2.45, 2.75) is 64.3 Å². The van der Waals surface area contributed by atoms with E-state index in [0.717, 1.165) is 39.4 Å². The molecule has 0 bridgehead atoms. The summed E-state index contributed by atoms with van der Waals surface area (Å²) in [6.07, 6.45) is -0.255. The molecule has 0 radical (unpaired) electrons. The summed E-state index contributed by atoms with van der Waals surface area (Å²) in [5.74, 6) is -0.752. The number of hydrogen-bond acceptors (Lipinski definition) is 4. The molecule has 0 spiro atoms. The molecule has 1 saturated heterocycles. The zero-order valence-electron chi connectivity index (χ0n) is 22.5. The van der Waals surface area contributed by atoms with Crippen molar-refractivity contribution < 1.29 is 24.1 Å². The van der Waals surface area contributed by atoms with Crippen LogP contribution in [0.25, 0.3) is 10.8 Å². The van der Waals surface area contributed by atoms with Gasteiger partial charge in [-0.05, 0) is 45.5 Å². The van der Waals surface area contributed by atoms with Gasteiger partial charge in [-0.25, -0.2) is 0 Å². The molecule has 39 heavy (non-hydrogen) atoms. The molecule has 0 saturated carbocycles. The Hall–Kier alpha value is -3.51. The minimum Gasteiger partial charge on any atom is -0.481 e. The van der Waals surface area contributed by atoms with Gasteiger partial charge in [-0.1, -0.05) is 105 Å². The number of benzene rings is 4. The van der Waals surface area contributed by atoms with Gasteiger partial charge in [0, 0.05) is 5.92 Å². The second-order valence-corrected chi connectivity index (χ2v) is 10.4. The third kappa shape index (κ3) is 6.39. The van der Waals surface area contributed by atoms with E-state index in [1.807, 2.05) is 66.7 Å². The molecular formula is C34H36O5. The number of hydrogen-bond donors (Lipinski definition) is 1. The molecule has 1 unspecified atom stereocenters. The van der Waals surface area contributed by atoms with Crippen LogP contribution in [0.1, 0.15) is 48.6 Å². The summed E-state index contributed by atoms with van der Waals surface area (Å²) >= 11 is 0. The van der Waals surface area contributed by atoms with Gasteiger partial charge in [0.25, 0.3) is 0 Å². The Labute approximate surface area is 230 Å². The molecule has 4 aromatic rings. The summed E-state index contributed by atoms with van der Waals surface area (Å²) in [5, 5.41) is 11.6. The molecular weight excluding hydrogens is 488 g/mol. The molecule has 1 N–H and O–H groups in total. The third-order valence-corrected chi connectivity index (χ3v) is 7.66. The number of rotatable bonds is 10. The topological polar surface area (TPSA) is 65.0 Å². The van der Waals surface area contributed by atoms with Crippen LogP contribution < -0.4 is 0 Å². The van der Waals surface area contributed by atoms with Gasteiger partial charge in [0.15, 0.2) is 0 Å². The zero-order chi connectivity index (χ0) is 27.2. The summed E-state index contributed by atoms with van der Waals surface area (Å²) < 4.78 is 20.1. The van der Waals surface area contributed by atoms with Gasteiger partial charge in [-0.15, -0.1) is 0 Å². The second kappa shape index (κ2) is 12.6. The molecule has 202 valence electrons. The summed E-state index contributed by atoms with van der Waals surface area (Å²) in [6, 6.07) is 32.3. The van der Waals surface area contributed by atoms with Gasteiger partial charge in [0.05, 0.1) is 31.8 Å². The molecule has 5 atom stereocenters. The van der Waals surface area contributed by atoms with E-state index < -0.39 is 12.1 Å². The second-order valence-electron chi connectivity index (χ2n) is 10.4. The molecule has 5 heteroatoms. The van der Waals surface area contributed by atoms with E-state index in [1.165, 1.54) is 0 Å². The van der Waals surface area contributed by atoms with Gasteiger partial charge in [-0.3, -0.25) is 4.79 Å². The fraction of sp³-hybridized carbons (Fsp3) is 0.324. The third-order valence-electron chi connectivity index (χ3n) is 7.66. The number of aliphatic carboxylic acids is 1. The monoisotopic (exact) mass is 524 g/mol.